The van der Waals surface area contributed by atoms with E-state index in [0.717, 1.165) is 23.8 Å². The third-order valence-electron chi connectivity index (χ3n) is 3.03. The van der Waals surface area contributed by atoms with Crippen LogP contribution in [0.2, 0.25) is 0 Å². The Bertz CT molecular complexity index is 682. The largest absolute Gasteiger partial charge is 0.266 e. The Morgan fingerprint density at radius 1 is 1.18 bits per heavy atom. The van der Waals surface area contributed by atoms with E-state index in [1.807, 2.05) is 0 Å². The van der Waals surface area contributed by atoms with Crippen LogP contribution in [-0.4, -0.2) is 11.7 Å². The van der Waals surface area contributed by atoms with E-state index < -0.39 is 23.4 Å². The summed E-state index contributed by atoms with van der Waals surface area (Å²) < 4.78 is 51.1. The minimum atomic E-state index is -1.72. The summed E-state index contributed by atoms with van der Waals surface area (Å²) in [6.07, 6.45) is 1.22. The van der Waals surface area contributed by atoms with Gasteiger partial charge in [-0.05, 0) is 49.4 Å². The summed E-state index contributed by atoms with van der Waals surface area (Å²) in [5.74, 6) is -1.64. The van der Waals surface area contributed by atoms with Crippen LogP contribution < -0.4 is 0 Å². The minimum absolute atomic E-state index is 0.201. The first-order valence-corrected chi connectivity index (χ1v) is 6.43. The van der Waals surface area contributed by atoms with Crippen molar-refractivity contribution in [2.24, 2.45) is 4.99 Å². The van der Waals surface area contributed by atoms with Crippen molar-refractivity contribution >= 4 is 12.4 Å². The molecule has 0 saturated heterocycles. The molecule has 6 heteroatoms. The van der Waals surface area contributed by atoms with Gasteiger partial charge in [-0.15, -0.1) is 0 Å². The van der Waals surface area contributed by atoms with Crippen LogP contribution in [0.3, 0.4) is 0 Å². The first-order valence-electron chi connectivity index (χ1n) is 6.43. The maximum atomic E-state index is 13.6. The van der Waals surface area contributed by atoms with Crippen molar-refractivity contribution in [3.63, 3.8) is 0 Å². The second-order valence-corrected chi connectivity index (χ2v) is 4.53. The average Bonchev–Trinajstić information content (AvgIpc) is 2.47. The molecule has 0 atom stereocenters. The maximum absolute atomic E-state index is 13.6. The lowest BCUT2D eigenvalue weighted by Gasteiger charge is -2.05. The van der Waals surface area contributed by atoms with Crippen molar-refractivity contribution < 1.29 is 17.6 Å². The summed E-state index contributed by atoms with van der Waals surface area (Å²) >= 11 is 0. The number of aromatic nitrogens is 1. The molecule has 0 amide bonds. The van der Waals surface area contributed by atoms with E-state index in [1.54, 1.807) is 12.1 Å². The van der Waals surface area contributed by atoms with Gasteiger partial charge in [-0.1, -0.05) is 6.07 Å². The number of hydrogen-bond donors (Lipinski definition) is 0. The van der Waals surface area contributed by atoms with Crippen LogP contribution in [0.5, 0.6) is 0 Å². The zero-order valence-corrected chi connectivity index (χ0v) is 11.5. The Hall–Kier alpha value is -2.50. The highest BCUT2D eigenvalue weighted by molar-refractivity contribution is 5.63. The van der Waals surface area contributed by atoms with Crippen LogP contribution in [0.4, 0.5) is 23.2 Å². The van der Waals surface area contributed by atoms with Crippen molar-refractivity contribution in [2.75, 3.05) is 0 Å². The fourth-order valence-electron chi connectivity index (χ4n) is 1.96. The summed E-state index contributed by atoms with van der Waals surface area (Å²) in [6, 6.07) is 5.51. The molecule has 0 aliphatic carbocycles. The Morgan fingerprint density at radius 3 is 2.36 bits per heavy atom. The molecule has 0 bridgehead atoms. The highest BCUT2D eigenvalue weighted by Gasteiger charge is 2.11. The van der Waals surface area contributed by atoms with Crippen molar-refractivity contribution in [2.45, 2.75) is 12.8 Å². The normalized spacial score (nSPS) is 10.4. The van der Waals surface area contributed by atoms with Crippen LogP contribution in [0.1, 0.15) is 12.0 Å². The first-order chi connectivity index (χ1) is 10.5. The Kier molecular flexibility index (Phi) is 5.04. The smallest absolute Gasteiger partial charge is 0.258 e. The summed E-state index contributed by atoms with van der Waals surface area (Å²) in [5.41, 5.74) is 0.972. The lowest BCUT2D eigenvalue weighted by atomic mass is 10.1. The molecule has 0 aliphatic heterocycles. The van der Waals surface area contributed by atoms with E-state index in [0.29, 0.717) is 12.1 Å². The van der Waals surface area contributed by atoms with Gasteiger partial charge in [-0.2, -0.15) is 8.78 Å². The van der Waals surface area contributed by atoms with E-state index in [9.17, 15) is 17.6 Å². The number of nitrogens with zero attached hydrogens (tertiary/aromatic N) is 2. The van der Waals surface area contributed by atoms with Gasteiger partial charge in [-0.3, -0.25) is 9.98 Å². The number of hydrogen-bond acceptors (Lipinski definition) is 2. The van der Waals surface area contributed by atoms with Crippen molar-refractivity contribution in [3.8, 4) is 11.3 Å². The second kappa shape index (κ2) is 6.98. The Balaban J connectivity index is 2.20. The van der Waals surface area contributed by atoms with E-state index in [-0.39, 0.29) is 12.0 Å². The molecular formula is C16H12F4N2. The topological polar surface area (TPSA) is 25.2 Å². The molecule has 0 saturated carbocycles. The van der Waals surface area contributed by atoms with Crippen LogP contribution >= 0.6 is 0 Å². The predicted octanol–water partition coefficient (Wildman–Crippen LogP) is 5.07. The maximum Gasteiger partial charge on any atom is 0.266 e. The molecule has 0 fully saturated rings. The molecule has 0 N–H and O–H groups in total. The van der Waals surface area contributed by atoms with E-state index in [2.05, 4.69) is 16.7 Å². The molecule has 114 valence electrons. The molecule has 0 aliphatic rings. The number of pyridine rings is 1. The molecule has 2 nitrogen and oxygen atoms in total. The number of rotatable bonds is 5. The average molecular weight is 308 g/mol. The van der Waals surface area contributed by atoms with Crippen LogP contribution in [0.15, 0.2) is 47.6 Å². The van der Waals surface area contributed by atoms with Crippen molar-refractivity contribution in [1.29, 1.82) is 0 Å². The zero-order valence-electron chi connectivity index (χ0n) is 11.5. The quantitative estimate of drug-likeness (QED) is 0.559. The van der Waals surface area contributed by atoms with Gasteiger partial charge in [0.15, 0.2) is 11.6 Å². The fourth-order valence-corrected chi connectivity index (χ4v) is 1.96. The number of benzene rings is 1. The van der Waals surface area contributed by atoms with Gasteiger partial charge in [0.2, 0.25) is 0 Å². The molecule has 1 aromatic carbocycles. The van der Waals surface area contributed by atoms with Gasteiger partial charge in [0.05, 0.1) is 5.69 Å². The van der Waals surface area contributed by atoms with Gasteiger partial charge < -0.3 is 0 Å². The van der Waals surface area contributed by atoms with Crippen LogP contribution in [0, 0.1) is 11.6 Å². The van der Waals surface area contributed by atoms with Gasteiger partial charge >= 0.3 is 0 Å². The lowest BCUT2D eigenvalue weighted by Crippen LogP contribution is -1.91. The molecule has 0 spiro atoms. The number of aryl methyl sites for hydroxylation is 1. The molecule has 2 rings (SSSR count). The van der Waals surface area contributed by atoms with E-state index in [4.69, 9.17) is 0 Å². The number of aliphatic imine (C=N–C) groups is 1. The molecule has 0 unspecified atom stereocenters. The SMILES string of the molecule is C=Nc1c(F)cc(-c2ccc(CCC=C(F)F)cn2)cc1F. The monoisotopic (exact) mass is 308 g/mol. The number of allylic oxidation sites excluding steroid dienone is 1. The molecule has 2 aromatic rings. The minimum Gasteiger partial charge on any atom is -0.258 e. The van der Waals surface area contributed by atoms with Crippen LogP contribution in [0.25, 0.3) is 11.3 Å². The fraction of sp³-hybridized carbons (Fsp3) is 0.125. The van der Waals surface area contributed by atoms with Crippen LogP contribution in [-0.2, 0) is 6.42 Å². The summed E-state index contributed by atoms with van der Waals surface area (Å²) in [6.45, 7) is 3.10. The molecule has 22 heavy (non-hydrogen) atoms. The first kappa shape index (κ1) is 15.9. The molecular weight excluding hydrogens is 296 g/mol. The number of halogens is 4. The summed E-state index contributed by atoms with van der Waals surface area (Å²) in [5, 5.41) is 0. The summed E-state index contributed by atoms with van der Waals surface area (Å²) in [7, 11) is 0. The second-order valence-electron chi connectivity index (χ2n) is 4.53. The highest BCUT2D eigenvalue weighted by Crippen LogP contribution is 2.28. The van der Waals surface area contributed by atoms with Gasteiger partial charge in [-0.25, -0.2) is 8.78 Å². The van der Waals surface area contributed by atoms with Crippen molar-refractivity contribution in [1.82, 2.24) is 4.98 Å². The Morgan fingerprint density at radius 2 is 1.86 bits per heavy atom. The van der Waals surface area contributed by atoms with Gasteiger partial charge in [0, 0.05) is 11.8 Å². The highest BCUT2D eigenvalue weighted by atomic mass is 19.3. The third-order valence-corrected chi connectivity index (χ3v) is 3.03. The van der Waals surface area contributed by atoms with E-state index >= 15 is 0 Å². The lowest BCUT2D eigenvalue weighted by molar-refractivity contribution is 0.417. The van der Waals surface area contributed by atoms with Gasteiger partial charge in [0.25, 0.3) is 6.08 Å². The predicted molar refractivity (Wildman–Crippen MR) is 77.4 cm³/mol. The van der Waals surface area contributed by atoms with E-state index in [1.165, 1.54) is 6.20 Å². The van der Waals surface area contributed by atoms with Crippen molar-refractivity contribution in [3.05, 3.63) is 59.8 Å². The molecule has 0 radical (unpaired) electrons. The zero-order chi connectivity index (χ0) is 16.1. The molecule has 1 heterocycles. The molecule has 1 aromatic heterocycles. The third kappa shape index (κ3) is 3.78. The Labute approximate surface area is 124 Å². The summed E-state index contributed by atoms with van der Waals surface area (Å²) in [4.78, 5) is 7.38. The van der Waals surface area contributed by atoms with Gasteiger partial charge in [0.1, 0.15) is 5.69 Å². The standard InChI is InChI=1S/C16H12F4N2/c1-21-16-12(17)7-11(8-13(16)18)14-6-5-10(9-22-14)3-2-4-15(19)20/h4-9H,1-3H2.